The van der Waals surface area contributed by atoms with Crippen molar-refractivity contribution in [2.45, 2.75) is 119 Å². The Bertz CT molecular complexity index is 1050. The largest absolute Gasteiger partial charge is 0.480 e. The molecule has 0 bridgehead atoms. The van der Waals surface area contributed by atoms with Gasteiger partial charge in [-0.2, -0.15) is 11.8 Å². The summed E-state index contributed by atoms with van der Waals surface area (Å²) < 4.78 is 0. The summed E-state index contributed by atoms with van der Waals surface area (Å²) in [6.45, 7) is 21.9. The minimum absolute atomic E-state index is 0.131. The lowest BCUT2D eigenvalue weighted by Crippen LogP contribution is -2.41. The number of hydrogen-bond acceptors (Lipinski definition) is 4. The highest BCUT2D eigenvalue weighted by Crippen LogP contribution is 2.17. The monoisotopic (exact) mass is 641 g/mol. The number of carbonyl (C=O) groups is 2. The van der Waals surface area contributed by atoms with E-state index in [4.69, 9.17) is 10.2 Å². The highest BCUT2D eigenvalue weighted by molar-refractivity contribution is 7.99. The molecule has 0 heterocycles. The summed E-state index contributed by atoms with van der Waals surface area (Å²) in [5.41, 5.74) is 8.22. The smallest absolute Gasteiger partial charge is 0.327 e. The first-order valence-corrected chi connectivity index (χ1v) is 17.4. The second-order valence-electron chi connectivity index (χ2n) is 11.8. The number of aliphatic hydroxyl groups excluding tert-OH is 1. The number of hydrogen-bond donors (Lipinski definition) is 3. The second kappa shape index (κ2) is 29.9. The van der Waals surface area contributed by atoms with E-state index in [0.29, 0.717) is 5.75 Å². The topological polar surface area (TPSA) is 86.6 Å². The normalized spacial score (nSPS) is 12.8. The van der Waals surface area contributed by atoms with Gasteiger partial charge in [-0.25, -0.2) is 4.79 Å². The van der Waals surface area contributed by atoms with Crippen molar-refractivity contribution in [1.82, 2.24) is 5.32 Å². The molecule has 0 saturated heterocycles. The van der Waals surface area contributed by atoms with E-state index in [1.54, 1.807) is 0 Å². The molecular weight excluding hydrogens is 578 g/mol. The highest BCUT2D eigenvalue weighted by Gasteiger charge is 2.17. The first kappa shape index (κ1) is 44.3. The van der Waals surface area contributed by atoms with E-state index >= 15 is 0 Å². The van der Waals surface area contributed by atoms with E-state index < -0.39 is 12.0 Å². The van der Waals surface area contributed by atoms with Gasteiger partial charge < -0.3 is 15.5 Å². The molecule has 1 atom stereocenters. The SMILES string of the molecule is C=CC/C(=C\CO)CC/C=C(\C)CCC=C(C)C.C=CC/C(=C\CSC[C@H](NC(C)=O)C(=O)O)CC/C=C(\C)CCC=C(C)C. The number of rotatable bonds is 23. The van der Waals surface area contributed by atoms with Crippen molar-refractivity contribution in [2.24, 2.45) is 0 Å². The van der Waals surface area contributed by atoms with Crippen LogP contribution in [0.3, 0.4) is 0 Å². The number of nitrogens with one attached hydrogen (secondary N) is 1. The maximum absolute atomic E-state index is 11.1. The number of carbonyl (C=O) groups excluding carboxylic acids is 1. The maximum atomic E-state index is 11.1. The minimum atomic E-state index is -0.998. The van der Waals surface area contributed by atoms with Crippen LogP contribution >= 0.6 is 11.8 Å². The Kier molecular flexibility index (Phi) is 29.4. The molecule has 0 rings (SSSR count). The van der Waals surface area contributed by atoms with Gasteiger partial charge in [0.05, 0.1) is 6.61 Å². The van der Waals surface area contributed by atoms with E-state index in [2.05, 4.69) is 90.4 Å². The predicted molar refractivity (Wildman–Crippen MR) is 199 cm³/mol. The van der Waals surface area contributed by atoms with Crippen LogP contribution in [-0.4, -0.2) is 46.2 Å². The Hall–Kier alpha value is -2.83. The zero-order chi connectivity index (χ0) is 34.5. The molecule has 0 saturated carbocycles. The van der Waals surface area contributed by atoms with E-state index in [0.717, 1.165) is 70.0 Å². The van der Waals surface area contributed by atoms with Gasteiger partial charge >= 0.3 is 5.97 Å². The number of aliphatic hydroxyl groups is 1. The number of carboxylic acids is 1. The lowest BCUT2D eigenvalue weighted by molar-refractivity contribution is -0.140. The number of amides is 1. The van der Waals surface area contributed by atoms with Crippen molar-refractivity contribution in [3.05, 3.63) is 95.2 Å². The summed E-state index contributed by atoms with van der Waals surface area (Å²) in [5, 5.41) is 20.5. The third-order valence-corrected chi connectivity index (χ3v) is 7.71. The molecule has 0 aliphatic heterocycles. The molecule has 3 N–H and O–H groups in total. The predicted octanol–water partition coefficient (Wildman–Crippen LogP) is 10.2. The molecule has 0 aromatic carbocycles. The molecule has 0 aromatic rings. The highest BCUT2D eigenvalue weighted by atomic mass is 32.2. The van der Waals surface area contributed by atoms with Gasteiger partial charge in [0.15, 0.2) is 0 Å². The summed E-state index contributed by atoms with van der Waals surface area (Å²) in [4.78, 5) is 22.2. The van der Waals surface area contributed by atoms with Crippen molar-refractivity contribution in [1.29, 1.82) is 0 Å². The standard InChI is InChI=1S/C22H35NO3S.C17H28O/c1-6-9-20(13-8-12-18(4)11-7-10-17(2)3)14-15-27-16-21(22(25)26)23-19(5)24;1-5-8-17(13-14-18)12-7-11-16(4)10-6-9-15(2)3/h6,10,12,14,21H,1,7-9,11,13,15-16H2,2-5H3,(H,23,24)(H,25,26);5,9,11,13,18H,1,6-8,10,12,14H2,2-4H3/b18-12+,20-14+;16-11+,17-13+/t21-;/m0./s1. The average molecular weight is 642 g/mol. The Morgan fingerprint density at radius 3 is 1.51 bits per heavy atom. The van der Waals surface area contributed by atoms with Gasteiger partial charge in [0.25, 0.3) is 0 Å². The van der Waals surface area contributed by atoms with Crippen LogP contribution in [0.4, 0.5) is 0 Å². The molecule has 6 heteroatoms. The quantitative estimate of drug-likeness (QED) is 0.0763. The summed E-state index contributed by atoms with van der Waals surface area (Å²) >= 11 is 1.51. The van der Waals surface area contributed by atoms with E-state index in [1.807, 2.05) is 18.2 Å². The van der Waals surface area contributed by atoms with Crippen molar-refractivity contribution < 1.29 is 19.8 Å². The number of thioether (sulfide) groups is 1. The van der Waals surface area contributed by atoms with Crippen LogP contribution in [0.25, 0.3) is 0 Å². The Morgan fingerprint density at radius 1 is 0.689 bits per heavy atom. The number of allylic oxidation sites excluding steroid dienone is 12. The summed E-state index contributed by atoms with van der Waals surface area (Å²) in [6.07, 6.45) is 27.3. The van der Waals surface area contributed by atoms with Crippen molar-refractivity contribution >= 4 is 23.6 Å². The van der Waals surface area contributed by atoms with Crippen LogP contribution in [0, 0.1) is 0 Å². The molecule has 1 amide bonds. The average Bonchev–Trinajstić information content (AvgIpc) is 2.94. The Morgan fingerprint density at radius 2 is 1.13 bits per heavy atom. The molecule has 5 nitrogen and oxygen atoms in total. The van der Waals surface area contributed by atoms with Crippen LogP contribution in [-0.2, 0) is 9.59 Å². The van der Waals surface area contributed by atoms with Crippen LogP contribution < -0.4 is 5.32 Å². The van der Waals surface area contributed by atoms with Gasteiger partial charge in [0.1, 0.15) is 6.04 Å². The molecular formula is C39H63NO4S. The summed E-state index contributed by atoms with van der Waals surface area (Å²) in [6, 6.07) is -0.838. The molecule has 45 heavy (non-hydrogen) atoms. The van der Waals surface area contributed by atoms with E-state index in [1.165, 1.54) is 52.1 Å². The van der Waals surface area contributed by atoms with Gasteiger partial charge in [-0.15, -0.1) is 13.2 Å². The lowest BCUT2D eigenvalue weighted by Gasteiger charge is -2.12. The lowest BCUT2D eigenvalue weighted by atomic mass is 10.0. The first-order valence-electron chi connectivity index (χ1n) is 16.2. The molecule has 254 valence electrons. The van der Waals surface area contributed by atoms with Gasteiger partial charge in [-0.3, -0.25) is 4.79 Å². The zero-order valence-electron chi connectivity index (χ0n) is 29.4. The fraction of sp³-hybridized carbons (Fsp3) is 0.538. The van der Waals surface area contributed by atoms with Crippen molar-refractivity contribution in [2.75, 3.05) is 18.1 Å². The number of carboxylic acid groups (broad SMARTS) is 1. The summed E-state index contributed by atoms with van der Waals surface area (Å²) in [7, 11) is 0. The zero-order valence-corrected chi connectivity index (χ0v) is 30.2. The van der Waals surface area contributed by atoms with Gasteiger partial charge in [0.2, 0.25) is 5.91 Å². The van der Waals surface area contributed by atoms with Crippen molar-refractivity contribution in [3.8, 4) is 0 Å². The van der Waals surface area contributed by atoms with Crippen LogP contribution in [0.2, 0.25) is 0 Å². The fourth-order valence-corrected chi connectivity index (χ4v) is 5.20. The molecule has 0 radical (unpaired) electrons. The molecule has 0 aliphatic rings. The van der Waals surface area contributed by atoms with Crippen LogP contribution in [0.5, 0.6) is 0 Å². The van der Waals surface area contributed by atoms with Crippen molar-refractivity contribution in [3.63, 3.8) is 0 Å². The van der Waals surface area contributed by atoms with E-state index in [9.17, 15) is 9.59 Å². The minimum Gasteiger partial charge on any atom is -0.480 e. The third kappa shape index (κ3) is 31.0. The van der Waals surface area contributed by atoms with Gasteiger partial charge in [-0.1, -0.05) is 82.0 Å². The number of aliphatic carboxylic acids is 1. The van der Waals surface area contributed by atoms with Gasteiger partial charge in [-0.05, 0) is 106 Å². The summed E-state index contributed by atoms with van der Waals surface area (Å²) in [5.74, 6) is -0.231. The molecule has 0 spiro atoms. The molecule has 0 unspecified atom stereocenters. The van der Waals surface area contributed by atoms with Gasteiger partial charge in [0, 0.05) is 18.4 Å². The molecule has 0 fully saturated rings. The second-order valence-corrected chi connectivity index (χ2v) is 12.9. The third-order valence-electron chi connectivity index (χ3n) is 6.74. The van der Waals surface area contributed by atoms with E-state index in [-0.39, 0.29) is 12.5 Å². The van der Waals surface area contributed by atoms with Crippen LogP contribution in [0.1, 0.15) is 113 Å². The Balaban J connectivity index is 0. The Labute approximate surface area is 280 Å². The fourth-order valence-electron chi connectivity index (χ4n) is 4.25. The first-order chi connectivity index (χ1) is 21.4. The molecule has 0 aliphatic carbocycles. The maximum Gasteiger partial charge on any atom is 0.327 e. The molecule has 0 aromatic heterocycles. The van der Waals surface area contributed by atoms with Crippen LogP contribution in [0.15, 0.2) is 95.2 Å².